The lowest BCUT2D eigenvalue weighted by Crippen LogP contribution is -2.21. The van der Waals surface area contributed by atoms with E-state index in [9.17, 15) is 18.0 Å². The number of aryl methyl sites for hydroxylation is 1. The van der Waals surface area contributed by atoms with Crippen LogP contribution in [0.3, 0.4) is 0 Å². The van der Waals surface area contributed by atoms with Crippen LogP contribution < -0.4 is 5.56 Å². The number of hydrogen-bond donors (Lipinski definition) is 0. The molecule has 0 aliphatic carbocycles. The third kappa shape index (κ3) is 3.36. The van der Waals surface area contributed by atoms with E-state index >= 15 is 0 Å². The molecule has 3 heterocycles. The number of rotatable bonds is 3. The maximum Gasteiger partial charge on any atom is 0.417 e. The van der Waals surface area contributed by atoms with Crippen LogP contribution >= 0.6 is 23.4 Å². The molecule has 3 aromatic rings. The van der Waals surface area contributed by atoms with Gasteiger partial charge in [-0.3, -0.25) is 9.78 Å². The van der Waals surface area contributed by atoms with Gasteiger partial charge in [0, 0.05) is 18.0 Å². The van der Waals surface area contributed by atoms with Gasteiger partial charge in [-0.1, -0.05) is 23.4 Å². The molecule has 0 aliphatic heterocycles. The first kappa shape index (κ1) is 17.7. The quantitative estimate of drug-likeness (QED) is 0.644. The number of fused-ring (bicyclic) bond motifs is 1. The standard InChI is InChI=1S/C14H11ClF3N5OS/c1-7-3-11(24)23-13(20-12(21-23)25-2)22(7)6-10-9(15)4-8(5-19-10)14(16,17)18/h3-5H,6H2,1-2H3. The molecule has 0 fully saturated rings. The number of thioether (sulfide) groups is 1. The molecule has 0 atom stereocenters. The summed E-state index contributed by atoms with van der Waals surface area (Å²) < 4.78 is 40.9. The average Bonchev–Trinajstić information content (AvgIpc) is 2.96. The molecule has 132 valence electrons. The number of aromatic nitrogens is 5. The Morgan fingerprint density at radius 1 is 1.32 bits per heavy atom. The monoisotopic (exact) mass is 389 g/mol. The van der Waals surface area contributed by atoms with Crippen LogP contribution in [0.1, 0.15) is 17.0 Å². The van der Waals surface area contributed by atoms with Crippen LogP contribution in [-0.2, 0) is 12.7 Å². The van der Waals surface area contributed by atoms with Crippen molar-refractivity contribution in [2.24, 2.45) is 0 Å². The van der Waals surface area contributed by atoms with Crippen LogP contribution in [0.25, 0.3) is 5.78 Å². The van der Waals surface area contributed by atoms with Gasteiger partial charge in [-0.2, -0.15) is 22.7 Å². The van der Waals surface area contributed by atoms with Gasteiger partial charge in [0.15, 0.2) is 0 Å². The van der Waals surface area contributed by atoms with Gasteiger partial charge in [0.1, 0.15) is 0 Å². The van der Waals surface area contributed by atoms with E-state index in [4.69, 9.17) is 11.6 Å². The Morgan fingerprint density at radius 2 is 2.04 bits per heavy atom. The fraction of sp³-hybridized carbons (Fsp3) is 0.286. The van der Waals surface area contributed by atoms with Crippen LogP contribution in [0.5, 0.6) is 0 Å². The van der Waals surface area contributed by atoms with Crippen LogP contribution in [0.4, 0.5) is 13.2 Å². The third-order valence-corrected chi connectivity index (χ3v) is 4.38. The molecule has 0 spiro atoms. The van der Waals surface area contributed by atoms with Gasteiger partial charge in [-0.15, -0.1) is 5.10 Å². The molecule has 25 heavy (non-hydrogen) atoms. The maximum absolute atomic E-state index is 12.7. The summed E-state index contributed by atoms with van der Waals surface area (Å²) in [5.41, 5.74) is -0.467. The van der Waals surface area contributed by atoms with Gasteiger partial charge in [0.2, 0.25) is 10.9 Å². The Labute approximate surface area is 148 Å². The largest absolute Gasteiger partial charge is 0.417 e. The first-order chi connectivity index (χ1) is 11.7. The number of nitrogens with zero attached hydrogens (tertiary/aromatic N) is 5. The molecule has 0 aromatic carbocycles. The fourth-order valence-corrected chi connectivity index (χ4v) is 2.82. The molecule has 0 bridgehead atoms. The number of alkyl halides is 3. The Bertz CT molecular complexity index is 1010. The van der Waals surface area contributed by atoms with Crippen molar-refractivity contribution >= 4 is 29.1 Å². The third-order valence-electron chi connectivity index (χ3n) is 3.51. The van der Waals surface area contributed by atoms with Crippen LogP contribution in [0.2, 0.25) is 5.02 Å². The highest BCUT2D eigenvalue weighted by Gasteiger charge is 2.31. The normalized spacial score (nSPS) is 12.1. The topological polar surface area (TPSA) is 65.1 Å². The van der Waals surface area contributed by atoms with Crippen molar-refractivity contribution in [3.63, 3.8) is 0 Å². The Morgan fingerprint density at radius 3 is 2.64 bits per heavy atom. The Hall–Kier alpha value is -2.07. The van der Waals surface area contributed by atoms with E-state index in [-0.39, 0.29) is 28.6 Å². The SMILES string of the molecule is CSc1nc2n(Cc3ncc(C(F)(F)F)cc3Cl)c(C)cc(=O)n2n1. The van der Waals surface area contributed by atoms with Crippen LogP contribution in [0.15, 0.2) is 28.3 Å². The predicted molar refractivity (Wildman–Crippen MR) is 87.1 cm³/mol. The second-order valence-corrected chi connectivity index (χ2v) is 6.35. The van der Waals surface area contributed by atoms with Crippen molar-refractivity contribution in [3.8, 4) is 0 Å². The first-order valence-electron chi connectivity index (χ1n) is 6.93. The first-order valence-corrected chi connectivity index (χ1v) is 8.54. The van der Waals surface area contributed by atoms with E-state index in [2.05, 4.69) is 15.1 Å². The minimum Gasteiger partial charge on any atom is -0.308 e. The molecular weight excluding hydrogens is 379 g/mol. The predicted octanol–water partition coefficient (Wildman–Crippen LogP) is 3.04. The lowest BCUT2D eigenvalue weighted by atomic mass is 10.2. The van der Waals surface area contributed by atoms with Gasteiger partial charge in [-0.25, -0.2) is 0 Å². The molecule has 0 aliphatic rings. The molecule has 0 saturated heterocycles. The summed E-state index contributed by atoms with van der Waals surface area (Å²) in [5, 5.41) is 4.37. The van der Waals surface area contributed by atoms with Crippen molar-refractivity contribution in [2.45, 2.75) is 24.8 Å². The number of hydrogen-bond acceptors (Lipinski definition) is 5. The highest BCUT2D eigenvalue weighted by atomic mass is 35.5. The fourth-order valence-electron chi connectivity index (χ4n) is 2.25. The minimum absolute atomic E-state index is 0.0547. The van der Waals surface area contributed by atoms with Gasteiger partial charge in [0.05, 0.1) is 22.8 Å². The van der Waals surface area contributed by atoms with Crippen molar-refractivity contribution < 1.29 is 13.2 Å². The second-order valence-electron chi connectivity index (χ2n) is 5.17. The van der Waals surface area contributed by atoms with Crippen molar-refractivity contribution in [2.75, 3.05) is 6.26 Å². The lowest BCUT2D eigenvalue weighted by molar-refractivity contribution is -0.137. The molecule has 3 aromatic heterocycles. The van der Waals surface area contributed by atoms with Crippen molar-refractivity contribution in [1.29, 1.82) is 0 Å². The van der Waals surface area contributed by atoms with Gasteiger partial charge >= 0.3 is 6.18 Å². The molecule has 11 heteroatoms. The number of pyridine rings is 1. The van der Waals surface area contributed by atoms with Crippen molar-refractivity contribution in [1.82, 2.24) is 24.1 Å². The van der Waals surface area contributed by atoms with Crippen molar-refractivity contribution in [3.05, 3.63) is 50.7 Å². The van der Waals surface area contributed by atoms with Gasteiger partial charge in [-0.05, 0) is 19.2 Å². The van der Waals surface area contributed by atoms with E-state index in [1.807, 2.05) is 0 Å². The molecular formula is C14H11ClF3N5OS. The lowest BCUT2D eigenvalue weighted by Gasteiger charge is -2.13. The highest BCUT2D eigenvalue weighted by molar-refractivity contribution is 7.98. The van der Waals surface area contributed by atoms with E-state index in [0.717, 1.165) is 16.8 Å². The molecule has 0 unspecified atom stereocenters. The molecule has 0 saturated carbocycles. The molecule has 0 amide bonds. The number of halogens is 4. The van der Waals surface area contributed by atoms with Crippen LogP contribution in [0, 0.1) is 6.92 Å². The molecule has 6 nitrogen and oxygen atoms in total. The zero-order valence-electron chi connectivity index (χ0n) is 13.0. The van der Waals surface area contributed by atoms with Crippen LogP contribution in [-0.4, -0.2) is 30.4 Å². The summed E-state index contributed by atoms with van der Waals surface area (Å²) >= 11 is 7.24. The van der Waals surface area contributed by atoms with E-state index < -0.39 is 11.7 Å². The van der Waals surface area contributed by atoms with E-state index in [1.54, 1.807) is 17.7 Å². The zero-order chi connectivity index (χ0) is 18.4. The summed E-state index contributed by atoms with van der Waals surface area (Å²) in [4.78, 5) is 20.1. The summed E-state index contributed by atoms with van der Waals surface area (Å²) in [6.45, 7) is 1.74. The molecule has 0 radical (unpaired) electrons. The summed E-state index contributed by atoms with van der Waals surface area (Å²) in [7, 11) is 0. The van der Waals surface area contributed by atoms with Gasteiger partial charge < -0.3 is 4.57 Å². The summed E-state index contributed by atoms with van der Waals surface area (Å²) in [6.07, 6.45) is -2.02. The maximum atomic E-state index is 12.7. The average molecular weight is 390 g/mol. The van der Waals surface area contributed by atoms with Gasteiger partial charge in [0.25, 0.3) is 5.56 Å². The molecule has 0 N–H and O–H groups in total. The Kier molecular flexibility index (Phi) is 4.50. The zero-order valence-corrected chi connectivity index (χ0v) is 14.6. The van der Waals surface area contributed by atoms with E-state index in [1.165, 1.54) is 17.8 Å². The summed E-state index contributed by atoms with van der Waals surface area (Å²) in [6, 6.07) is 2.19. The summed E-state index contributed by atoms with van der Waals surface area (Å²) in [5.74, 6) is 0.270. The highest BCUT2D eigenvalue weighted by Crippen LogP contribution is 2.31. The van der Waals surface area contributed by atoms with E-state index in [0.29, 0.717) is 10.9 Å². The second kappa shape index (κ2) is 6.34. The Balaban J connectivity index is 2.09. The molecule has 3 rings (SSSR count). The smallest absolute Gasteiger partial charge is 0.308 e. The minimum atomic E-state index is -4.52.